The number of ether oxygens (including phenoxy) is 2. The molecule has 2 fully saturated rings. The topological polar surface area (TPSA) is 102 Å². The van der Waals surface area contributed by atoms with E-state index in [1.54, 1.807) is 25.0 Å². The number of rotatable bonds is 6. The van der Waals surface area contributed by atoms with Crippen LogP contribution < -0.4 is 10.1 Å². The molecule has 1 aromatic rings. The summed E-state index contributed by atoms with van der Waals surface area (Å²) in [6.45, 7) is 5.16. The van der Waals surface area contributed by atoms with E-state index in [0.29, 0.717) is 73.7 Å². The Kier molecular flexibility index (Phi) is 8.46. The molecule has 2 aliphatic heterocycles. The molecule has 0 aromatic heterocycles. The van der Waals surface area contributed by atoms with Crippen molar-refractivity contribution in [2.45, 2.75) is 25.2 Å². The number of amides is 1. The first-order chi connectivity index (χ1) is 15.8. The summed E-state index contributed by atoms with van der Waals surface area (Å²) in [5.74, 6) is 0.692. The largest absolute Gasteiger partial charge is 0.495 e. The van der Waals surface area contributed by atoms with Crippen molar-refractivity contribution < 1.29 is 14.3 Å². The van der Waals surface area contributed by atoms with Gasteiger partial charge in [0.1, 0.15) is 16.6 Å². The Morgan fingerprint density at radius 3 is 2.55 bits per heavy atom. The molecule has 0 spiro atoms. The smallest absolute Gasteiger partial charge is 0.241 e. The lowest BCUT2D eigenvalue weighted by Gasteiger charge is -2.38. The second-order valence-corrected chi connectivity index (χ2v) is 8.95. The van der Waals surface area contributed by atoms with E-state index in [1.807, 2.05) is 17.0 Å². The Bertz CT molecular complexity index is 961. The number of allylic oxidation sites excluding steroid dienone is 1. The number of amidine groups is 1. The number of piperidine rings is 1. The predicted molar refractivity (Wildman–Crippen MR) is 128 cm³/mol. The number of nitriles is 1. The third-order valence-corrected chi connectivity index (χ3v) is 7.03. The van der Waals surface area contributed by atoms with E-state index in [9.17, 15) is 10.1 Å². The molecule has 33 heavy (non-hydrogen) atoms. The van der Waals surface area contributed by atoms with Crippen LogP contribution in [-0.2, 0) is 14.9 Å². The van der Waals surface area contributed by atoms with Crippen molar-refractivity contribution in [3.63, 3.8) is 0 Å². The normalized spacial score (nSPS) is 18.8. The third kappa shape index (κ3) is 5.72. The molecule has 2 heterocycles. The maximum Gasteiger partial charge on any atom is 0.241 e. The number of halogens is 2. The van der Waals surface area contributed by atoms with Crippen LogP contribution in [0.1, 0.15) is 25.3 Å². The van der Waals surface area contributed by atoms with E-state index < -0.39 is 5.41 Å². The second kappa shape index (κ2) is 11.1. The molecular weight excluding hydrogens is 465 g/mol. The lowest BCUT2D eigenvalue weighted by molar-refractivity contribution is -0.131. The lowest BCUT2D eigenvalue weighted by Crippen LogP contribution is -2.47. The zero-order chi connectivity index (χ0) is 24.0. The fourth-order valence-electron chi connectivity index (χ4n) is 4.06. The summed E-state index contributed by atoms with van der Waals surface area (Å²) in [4.78, 5) is 16.4. The fourth-order valence-corrected chi connectivity index (χ4v) is 4.44. The van der Waals surface area contributed by atoms with Crippen LogP contribution in [0.15, 0.2) is 28.9 Å². The van der Waals surface area contributed by atoms with Gasteiger partial charge in [0.25, 0.3) is 0 Å². The lowest BCUT2D eigenvalue weighted by atomic mass is 9.74. The summed E-state index contributed by atoms with van der Waals surface area (Å²) in [7, 11) is 1.55. The summed E-state index contributed by atoms with van der Waals surface area (Å²) >= 11 is 12.5. The van der Waals surface area contributed by atoms with Crippen LogP contribution in [0.2, 0.25) is 5.02 Å². The van der Waals surface area contributed by atoms with Crippen LogP contribution in [-0.4, -0.2) is 74.6 Å². The zero-order valence-electron chi connectivity index (χ0n) is 18.9. The minimum Gasteiger partial charge on any atom is -0.495 e. The number of morpholine rings is 1. The molecule has 0 bridgehead atoms. The molecule has 2 saturated heterocycles. The van der Waals surface area contributed by atoms with Crippen LogP contribution in [0, 0.1) is 16.7 Å². The minimum absolute atomic E-state index is 0.0723. The van der Waals surface area contributed by atoms with E-state index in [4.69, 9.17) is 38.1 Å². The number of nitrogens with zero attached hydrogens (tertiary/aromatic N) is 3. The predicted octanol–water partition coefficient (Wildman–Crippen LogP) is 3.10. The highest BCUT2D eigenvalue weighted by atomic mass is 35.5. The molecule has 10 heteroatoms. The molecule has 0 saturated carbocycles. The number of hydrogen-bond acceptors (Lipinski definition) is 6. The van der Waals surface area contributed by atoms with E-state index in [-0.39, 0.29) is 18.3 Å². The molecule has 8 nitrogen and oxygen atoms in total. The van der Waals surface area contributed by atoms with Crippen molar-refractivity contribution >= 4 is 34.9 Å². The van der Waals surface area contributed by atoms with E-state index in [0.717, 1.165) is 5.56 Å². The van der Waals surface area contributed by atoms with Gasteiger partial charge in [-0.05, 0) is 37.5 Å². The van der Waals surface area contributed by atoms with Crippen molar-refractivity contribution in [1.82, 2.24) is 15.1 Å². The van der Waals surface area contributed by atoms with Crippen molar-refractivity contribution in [1.29, 1.82) is 10.7 Å². The van der Waals surface area contributed by atoms with Gasteiger partial charge in [-0.2, -0.15) is 5.26 Å². The average molecular weight is 494 g/mol. The first-order valence-electron chi connectivity index (χ1n) is 10.9. The summed E-state index contributed by atoms with van der Waals surface area (Å²) in [5.41, 5.74) is 0.746. The highest BCUT2D eigenvalue weighted by Crippen LogP contribution is 2.38. The van der Waals surface area contributed by atoms with Crippen LogP contribution in [0.4, 0.5) is 0 Å². The number of nitrogens with one attached hydrogen (secondary N) is 2. The molecule has 3 rings (SSSR count). The van der Waals surface area contributed by atoms with Gasteiger partial charge in [-0.3, -0.25) is 10.2 Å². The summed E-state index contributed by atoms with van der Waals surface area (Å²) in [5, 5.41) is 22.1. The zero-order valence-corrected chi connectivity index (χ0v) is 20.4. The first kappa shape index (κ1) is 25.2. The Balaban J connectivity index is 1.57. The van der Waals surface area contributed by atoms with Gasteiger partial charge < -0.3 is 24.6 Å². The Hall–Kier alpha value is -2.47. The maximum absolute atomic E-state index is 12.8. The third-order valence-electron chi connectivity index (χ3n) is 6.26. The molecule has 178 valence electrons. The van der Waals surface area contributed by atoms with E-state index in [2.05, 4.69) is 11.4 Å². The van der Waals surface area contributed by atoms with Gasteiger partial charge in [-0.1, -0.05) is 29.3 Å². The number of carbonyl (C=O) groups is 1. The van der Waals surface area contributed by atoms with E-state index in [1.165, 1.54) is 0 Å². The number of benzene rings is 1. The average Bonchev–Trinajstić information content (AvgIpc) is 2.87. The van der Waals surface area contributed by atoms with Gasteiger partial charge in [-0.25, -0.2) is 0 Å². The molecule has 2 aliphatic rings. The number of methoxy groups -OCH3 is 1. The highest BCUT2D eigenvalue weighted by molar-refractivity contribution is 6.42. The number of carbonyl (C=O) groups excluding carboxylic acids is 1. The number of hydrogen-bond donors (Lipinski definition) is 2. The molecule has 2 N–H and O–H groups in total. The Morgan fingerprint density at radius 2 is 1.94 bits per heavy atom. The SMILES string of the molecule is COc1cc(C2(C#N)CCN(C(=O)CN/C(C)=C(/Cl)C(=N)N3CCOCC3)CC2)ccc1Cl. The molecule has 0 unspecified atom stereocenters. The second-order valence-electron chi connectivity index (χ2n) is 8.16. The number of likely N-dealkylation sites (tertiary alicyclic amines) is 1. The van der Waals surface area contributed by atoms with Crippen LogP contribution in [0.3, 0.4) is 0 Å². The maximum atomic E-state index is 12.8. The van der Waals surface area contributed by atoms with Crippen molar-refractivity contribution in [2.24, 2.45) is 0 Å². The fraction of sp³-hybridized carbons (Fsp3) is 0.522. The highest BCUT2D eigenvalue weighted by Gasteiger charge is 2.38. The molecule has 1 aromatic carbocycles. The van der Waals surface area contributed by atoms with Gasteiger partial charge in [0.2, 0.25) is 5.91 Å². The standard InChI is InChI=1S/C23H29Cl2N5O3/c1-16(21(25)22(27)30-9-11-33-12-10-30)28-14-20(31)29-7-5-23(15-26,6-8-29)17-3-4-18(24)19(13-17)32-2/h3-4,13,27-28H,5-12,14H2,1-2H3/b21-16+,27-22?. The van der Waals surface area contributed by atoms with Crippen LogP contribution in [0.5, 0.6) is 5.75 Å². The van der Waals surface area contributed by atoms with Crippen molar-refractivity contribution in [2.75, 3.05) is 53.0 Å². The molecular formula is C23H29Cl2N5O3. The van der Waals surface area contributed by atoms with Gasteiger partial charge in [0.15, 0.2) is 0 Å². The molecule has 0 atom stereocenters. The van der Waals surface area contributed by atoms with E-state index >= 15 is 0 Å². The van der Waals surface area contributed by atoms with Crippen LogP contribution in [0.25, 0.3) is 0 Å². The van der Waals surface area contributed by atoms with Gasteiger partial charge in [0, 0.05) is 31.9 Å². The molecule has 1 amide bonds. The van der Waals surface area contributed by atoms with Crippen molar-refractivity contribution in [3.8, 4) is 11.8 Å². The monoisotopic (exact) mass is 493 g/mol. The quantitative estimate of drug-likeness (QED) is 0.466. The minimum atomic E-state index is -0.686. The Labute approximate surface area is 204 Å². The van der Waals surface area contributed by atoms with Crippen LogP contribution >= 0.6 is 23.2 Å². The van der Waals surface area contributed by atoms with Gasteiger partial charge in [0.05, 0.1) is 43.4 Å². The summed E-state index contributed by atoms with van der Waals surface area (Å²) in [6.07, 6.45) is 1.05. The van der Waals surface area contributed by atoms with Gasteiger partial charge >= 0.3 is 0 Å². The summed E-state index contributed by atoms with van der Waals surface area (Å²) in [6, 6.07) is 7.86. The Morgan fingerprint density at radius 1 is 1.27 bits per heavy atom. The summed E-state index contributed by atoms with van der Waals surface area (Å²) < 4.78 is 10.6. The van der Waals surface area contributed by atoms with Gasteiger partial charge in [-0.15, -0.1) is 0 Å². The van der Waals surface area contributed by atoms with Crippen molar-refractivity contribution in [3.05, 3.63) is 39.5 Å². The molecule has 0 radical (unpaired) electrons. The first-order valence-corrected chi connectivity index (χ1v) is 11.6. The molecule has 0 aliphatic carbocycles.